The van der Waals surface area contributed by atoms with Gasteiger partial charge < -0.3 is 5.32 Å². The van der Waals surface area contributed by atoms with Crippen molar-refractivity contribution in [1.82, 2.24) is 5.32 Å². The second kappa shape index (κ2) is 6.90. The van der Waals surface area contributed by atoms with Crippen molar-refractivity contribution in [2.24, 2.45) is 5.92 Å². The molecule has 0 heterocycles. The summed E-state index contributed by atoms with van der Waals surface area (Å²) in [6.45, 7) is 4.28. The van der Waals surface area contributed by atoms with Crippen LogP contribution in [0.3, 0.4) is 0 Å². The molecule has 2 aromatic carbocycles. The fraction of sp³-hybridized carbons (Fsp3) is 0.278. The van der Waals surface area contributed by atoms with Gasteiger partial charge in [0.1, 0.15) is 0 Å². The minimum Gasteiger partial charge on any atom is -0.349 e. The Hall–Kier alpha value is -2.09. The molecule has 0 aliphatic rings. The normalized spacial score (nSPS) is 12.2. The van der Waals surface area contributed by atoms with Gasteiger partial charge in [-0.1, -0.05) is 62.4 Å². The van der Waals surface area contributed by atoms with Crippen molar-refractivity contribution in [3.63, 3.8) is 0 Å². The zero-order chi connectivity index (χ0) is 14.4. The minimum atomic E-state index is 0.000214. The van der Waals surface area contributed by atoms with Crippen LogP contribution < -0.4 is 5.32 Å². The molecule has 0 saturated heterocycles. The van der Waals surface area contributed by atoms with Gasteiger partial charge in [0.15, 0.2) is 0 Å². The predicted octanol–water partition coefficient (Wildman–Crippen LogP) is 3.68. The highest BCUT2D eigenvalue weighted by Crippen LogP contribution is 2.11. The Balaban J connectivity index is 2.05. The zero-order valence-electron chi connectivity index (χ0n) is 12.0. The van der Waals surface area contributed by atoms with Crippen LogP contribution in [0.15, 0.2) is 60.7 Å². The average molecular weight is 267 g/mol. The lowest BCUT2D eigenvalue weighted by atomic mass is 9.96. The van der Waals surface area contributed by atoms with Gasteiger partial charge in [0.25, 0.3) is 5.91 Å². The molecule has 1 amide bonds. The molecule has 0 bridgehead atoms. The molecule has 20 heavy (non-hydrogen) atoms. The van der Waals surface area contributed by atoms with Gasteiger partial charge in [0.2, 0.25) is 0 Å². The molecule has 1 N–H and O–H groups in total. The summed E-state index contributed by atoms with van der Waals surface area (Å²) in [7, 11) is 0. The maximum absolute atomic E-state index is 12.2. The number of hydrogen-bond acceptors (Lipinski definition) is 1. The van der Waals surface area contributed by atoms with Crippen LogP contribution in [0.4, 0.5) is 0 Å². The highest BCUT2D eigenvalue weighted by atomic mass is 16.1. The summed E-state index contributed by atoms with van der Waals surface area (Å²) in [5.74, 6) is 0.392. The van der Waals surface area contributed by atoms with Crippen LogP contribution in [0.5, 0.6) is 0 Å². The smallest absolute Gasteiger partial charge is 0.251 e. The third-order valence-corrected chi connectivity index (χ3v) is 3.46. The van der Waals surface area contributed by atoms with Crippen molar-refractivity contribution < 1.29 is 4.79 Å². The van der Waals surface area contributed by atoms with E-state index in [1.807, 2.05) is 48.5 Å². The molecule has 2 nitrogen and oxygen atoms in total. The van der Waals surface area contributed by atoms with Gasteiger partial charge in [0, 0.05) is 11.6 Å². The van der Waals surface area contributed by atoms with E-state index in [0.717, 1.165) is 6.42 Å². The number of benzene rings is 2. The van der Waals surface area contributed by atoms with Gasteiger partial charge >= 0.3 is 0 Å². The van der Waals surface area contributed by atoms with Crippen molar-refractivity contribution in [3.05, 3.63) is 71.8 Å². The van der Waals surface area contributed by atoms with E-state index in [0.29, 0.717) is 11.5 Å². The van der Waals surface area contributed by atoms with Gasteiger partial charge in [-0.3, -0.25) is 4.79 Å². The molecule has 0 unspecified atom stereocenters. The van der Waals surface area contributed by atoms with Crippen molar-refractivity contribution in [2.45, 2.75) is 26.3 Å². The molecule has 0 fully saturated rings. The second-order valence-corrected chi connectivity index (χ2v) is 5.38. The summed E-state index contributed by atoms with van der Waals surface area (Å²) >= 11 is 0. The number of rotatable bonds is 5. The molecule has 0 aliphatic heterocycles. The predicted molar refractivity (Wildman–Crippen MR) is 82.7 cm³/mol. The van der Waals surface area contributed by atoms with E-state index in [2.05, 4.69) is 31.3 Å². The average Bonchev–Trinajstić information content (AvgIpc) is 2.48. The van der Waals surface area contributed by atoms with E-state index in [1.165, 1.54) is 5.56 Å². The first-order valence-electron chi connectivity index (χ1n) is 7.06. The molecule has 0 aliphatic carbocycles. The molecule has 1 atom stereocenters. The first kappa shape index (κ1) is 14.3. The fourth-order valence-electron chi connectivity index (χ4n) is 2.16. The zero-order valence-corrected chi connectivity index (χ0v) is 12.0. The lowest BCUT2D eigenvalue weighted by Crippen LogP contribution is -2.40. The molecule has 0 spiro atoms. The summed E-state index contributed by atoms with van der Waals surface area (Å²) in [6.07, 6.45) is 0.858. The topological polar surface area (TPSA) is 29.1 Å². The Morgan fingerprint density at radius 3 is 2.05 bits per heavy atom. The Kier molecular flexibility index (Phi) is 4.94. The molecule has 2 rings (SSSR count). The Labute approximate surface area is 120 Å². The van der Waals surface area contributed by atoms with Gasteiger partial charge in [-0.25, -0.2) is 0 Å². The SMILES string of the molecule is CC(C)[C@H](Cc1ccccc1)NC(=O)c1ccccc1. The maximum atomic E-state index is 12.2. The van der Waals surface area contributed by atoms with Crippen LogP contribution in [0, 0.1) is 5.92 Å². The lowest BCUT2D eigenvalue weighted by molar-refractivity contribution is 0.0926. The van der Waals surface area contributed by atoms with E-state index in [9.17, 15) is 4.79 Å². The second-order valence-electron chi connectivity index (χ2n) is 5.38. The summed E-state index contributed by atoms with van der Waals surface area (Å²) in [5.41, 5.74) is 1.96. The number of carbonyl (C=O) groups excluding carboxylic acids is 1. The van der Waals surface area contributed by atoms with Crippen molar-refractivity contribution >= 4 is 5.91 Å². The summed E-state index contributed by atoms with van der Waals surface area (Å²) in [5, 5.41) is 3.14. The van der Waals surface area contributed by atoms with Crippen LogP contribution in [0.25, 0.3) is 0 Å². The van der Waals surface area contributed by atoms with Gasteiger partial charge in [-0.15, -0.1) is 0 Å². The van der Waals surface area contributed by atoms with E-state index >= 15 is 0 Å². The van der Waals surface area contributed by atoms with Crippen molar-refractivity contribution in [1.29, 1.82) is 0 Å². The molecular weight excluding hydrogens is 246 g/mol. The summed E-state index contributed by atoms with van der Waals surface area (Å²) in [4.78, 5) is 12.2. The van der Waals surface area contributed by atoms with E-state index in [1.54, 1.807) is 0 Å². The lowest BCUT2D eigenvalue weighted by Gasteiger charge is -2.22. The quantitative estimate of drug-likeness (QED) is 0.879. The highest BCUT2D eigenvalue weighted by molar-refractivity contribution is 5.94. The minimum absolute atomic E-state index is 0.000214. The van der Waals surface area contributed by atoms with Crippen LogP contribution in [0.1, 0.15) is 29.8 Å². The number of amides is 1. The standard InChI is InChI=1S/C18H21NO/c1-14(2)17(13-15-9-5-3-6-10-15)19-18(20)16-11-7-4-8-12-16/h3-12,14,17H,13H2,1-2H3,(H,19,20)/t17-/m0/s1. The molecule has 0 radical (unpaired) electrons. The third kappa shape index (κ3) is 3.95. The molecule has 0 aromatic heterocycles. The Bertz CT molecular complexity index is 534. The van der Waals surface area contributed by atoms with Crippen molar-refractivity contribution in [2.75, 3.05) is 0 Å². The van der Waals surface area contributed by atoms with E-state index in [4.69, 9.17) is 0 Å². The Morgan fingerprint density at radius 2 is 1.50 bits per heavy atom. The van der Waals surface area contributed by atoms with Crippen molar-refractivity contribution in [3.8, 4) is 0 Å². The first-order valence-corrected chi connectivity index (χ1v) is 7.06. The maximum Gasteiger partial charge on any atom is 0.251 e. The number of hydrogen-bond donors (Lipinski definition) is 1. The number of carbonyl (C=O) groups is 1. The Morgan fingerprint density at radius 1 is 0.950 bits per heavy atom. The van der Waals surface area contributed by atoms with E-state index < -0.39 is 0 Å². The van der Waals surface area contributed by atoms with Crippen LogP contribution in [-0.4, -0.2) is 11.9 Å². The molecule has 104 valence electrons. The first-order chi connectivity index (χ1) is 9.66. The summed E-state index contributed by atoms with van der Waals surface area (Å²) in [6, 6.07) is 19.8. The molecular formula is C18H21NO. The van der Waals surface area contributed by atoms with Gasteiger partial charge in [-0.05, 0) is 30.0 Å². The van der Waals surface area contributed by atoms with Gasteiger partial charge in [-0.2, -0.15) is 0 Å². The van der Waals surface area contributed by atoms with Crippen LogP contribution >= 0.6 is 0 Å². The number of nitrogens with one attached hydrogen (secondary N) is 1. The molecule has 2 aromatic rings. The molecule has 2 heteroatoms. The monoisotopic (exact) mass is 267 g/mol. The van der Waals surface area contributed by atoms with Gasteiger partial charge in [0.05, 0.1) is 0 Å². The van der Waals surface area contributed by atoms with Crippen LogP contribution in [-0.2, 0) is 6.42 Å². The third-order valence-electron chi connectivity index (χ3n) is 3.46. The highest BCUT2D eigenvalue weighted by Gasteiger charge is 2.17. The van der Waals surface area contributed by atoms with E-state index in [-0.39, 0.29) is 11.9 Å². The molecule has 0 saturated carbocycles. The summed E-state index contributed by atoms with van der Waals surface area (Å²) < 4.78 is 0. The largest absolute Gasteiger partial charge is 0.349 e. The fourth-order valence-corrected chi connectivity index (χ4v) is 2.16. The van der Waals surface area contributed by atoms with Crippen LogP contribution in [0.2, 0.25) is 0 Å².